The molecule has 1 aromatic heterocycles. The van der Waals surface area contributed by atoms with Crippen LogP contribution in [0.2, 0.25) is 0 Å². The minimum Gasteiger partial charge on any atom is -0.379 e. The van der Waals surface area contributed by atoms with Crippen LogP contribution < -0.4 is 4.90 Å². The van der Waals surface area contributed by atoms with E-state index in [-0.39, 0.29) is 11.3 Å². The summed E-state index contributed by atoms with van der Waals surface area (Å²) in [5.74, 6) is 0.977. The second-order valence-corrected chi connectivity index (χ2v) is 9.76. The molecule has 0 saturated carbocycles. The Labute approximate surface area is 190 Å². The van der Waals surface area contributed by atoms with E-state index in [9.17, 15) is 4.79 Å². The molecule has 0 spiro atoms. The Kier molecular flexibility index (Phi) is 4.75. The molecule has 0 N–H and O–H groups in total. The van der Waals surface area contributed by atoms with E-state index in [4.69, 9.17) is 4.74 Å². The summed E-state index contributed by atoms with van der Waals surface area (Å²) < 4.78 is 9.58. The van der Waals surface area contributed by atoms with Gasteiger partial charge in [0.2, 0.25) is 0 Å². The lowest BCUT2D eigenvalue weighted by Gasteiger charge is -2.42. The van der Waals surface area contributed by atoms with Gasteiger partial charge in [0.25, 0.3) is 5.91 Å². The smallest absolute Gasteiger partial charge is 0.259 e. The molecule has 2 aliphatic heterocycles. The number of halogens is 2. The first-order valence-electron chi connectivity index (χ1n) is 9.28. The summed E-state index contributed by atoms with van der Waals surface area (Å²) >= 11 is 5.86. The summed E-state index contributed by atoms with van der Waals surface area (Å²) in [4.78, 5) is 15.0. The van der Waals surface area contributed by atoms with Crippen molar-refractivity contribution in [1.82, 2.24) is 14.8 Å². The molecule has 3 aromatic rings. The lowest BCUT2D eigenvalue weighted by molar-refractivity contribution is -0.0611. The topological polar surface area (TPSA) is 60.2 Å². The third-order valence-corrected chi connectivity index (χ3v) is 7.11. The number of carbonyl (C=O) groups excluding carboxylic acids is 1. The molecule has 2 aromatic carbocycles. The van der Waals surface area contributed by atoms with Gasteiger partial charge in [-0.3, -0.25) is 4.79 Å². The Hall–Kier alpha value is -1.78. The number of ether oxygens (including phenoxy) is 1. The highest BCUT2D eigenvalue weighted by Gasteiger charge is 2.42. The highest BCUT2D eigenvalue weighted by Crippen LogP contribution is 2.39. The van der Waals surface area contributed by atoms with Gasteiger partial charge in [0, 0.05) is 38.2 Å². The molecular formula is C21H18BrIN4O2. The number of hydrogen-bond acceptors (Lipinski definition) is 4. The zero-order valence-corrected chi connectivity index (χ0v) is 19.5. The van der Waals surface area contributed by atoms with E-state index >= 15 is 0 Å². The molecule has 148 valence electrons. The Balaban J connectivity index is 1.48. The summed E-state index contributed by atoms with van der Waals surface area (Å²) in [6.45, 7) is 1.85. The van der Waals surface area contributed by atoms with Crippen LogP contribution in [0.1, 0.15) is 27.3 Å². The SMILES string of the molecule is Cn1cnnc1CC1(c2cccc(N3Cc4c(Br)cc(I)cc4C3=O)c2)COC1. The second-order valence-electron chi connectivity index (χ2n) is 7.66. The molecule has 0 aliphatic carbocycles. The van der Waals surface area contributed by atoms with Gasteiger partial charge in [0.05, 0.1) is 19.8 Å². The van der Waals surface area contributed by atoms with Gasteiger partial charge in [-0.25, -0.2) is 0 Å². The normalized spacial score (nSPS) is 17.3. The first kappa shape index (κ1) is 19.2. The fourth-order valence-corrected chi connectivity index (χ4v) is 5.67. The quantitative estimate of drug-likeness (QED) is 0.452. The number of amides is 1. The van der Waals surface area contributed by atoms with Gasteiger partial charge in [-0.1, -0.05) is 28.1 Å². The van der Waals surface area contributed by atoms with Gasteiger partial charge in [-0.2, -0.15) is 0 Å². The van der Waals surface area contributed by atoms with E-state index in [0.29, 0.717) is 19.8 Å². The molecule has 0 radical (unpaired) electrons. The average molecular weight is 565 g/mol. The Bertz CT molecular complexity index is 1130. The van der Waals surface area contributed by atoms with Gasteiger partial charge in [-0.15, -0.1) is 10.2 Å². The number of nitrogens with zero attached hydrogens (tertiary/aromatic N) is 4. The van der Waals surface area contributed by atoms with Crippen LogP contribution in [0.25, 0.3) is 0 Å². The van der Waals surface area contributed by atoms with E-state index in [1.165, 1.54) is 5.56 Å². The van der Waals surface area contributed by atoms with E-state index in [1.54, 1.807) is 6.33 Å². The van der Waals surface area contributed by atoms with Crippen LogP contribution in [-0.4, -0.2) is 33.9 Å². The molecule has 6 nitrogen and oxygen atoms in total. The van der Waals surface area contributed by atoms with Crippen molar-refractivity contribution in [3.63, 3.8) is 0 Å². The van der Waals surface area contributed by atoms with Crippen molar-refractivity contribution < 1.29 is 9.53 Å². The summed E-state index contributed by atoms with van der Waals surface area (Å²) in [5.41, 5.74) is 3.76. The highest BCUT2D eigenvalue weighted by molar-refractivity contribution is 14.1. The first-order valence-corrected chi connectivity index (χ1v) is 11.1. The predicted molar refractivity (Wildman–Crippen MR) is 121 cm³/mol. The van der Waals surface area contributed by atoms with Crippen molar-refractivity contribution >= 4 is 50.1 Å². The summed E-state index contributed by atoms with van der Waals surface area (Å²) in [6, 6.07) is 12.3. The molecule has 8 heteroatoms. The maximum absolute atomic E-state index is 13.1. The highest BCUT2D eigenvalue weighted by atomic mass is 127. The largest absolute Gasteiger partial charge is 0.379 e. The number of fused-ring (bicyclic) bond motifs is 1. The number of rotatable bonds is 4. The number of aryl methyl sites for hydroxylation is 1. The van der Waals surface area contributed by atoms with Gasteiger partial charge in [0.1, 0.15) is 12.2 Å². The van der Waals surface area contributed by atoms with E-state index < -0.39 is 0 Å². The predicted octanol–water partition coefficient (Wildman–Crippen LogP) is 3.85. The van der Waals surface area contributed by atoms with Crippen molar-refractivity contribution in [3.05, 3.63) is 73.3 Å². The number of aromatic nitrogens is 3. The molecule has 29 heavy (non-hydrogen) atoms. The molecule has 1 saturated heterocycles. The number of anilines is 1. The van der Waals surface area contributed by atoms with Crippen LogP contribution in [0, 0.1) is 3.57 Å². The third-order valence-electron chi connectivity index (χ3n) is 5.78. The average Bonchev–Trinajstić information content (AvgIpc) is 3.22. The Morgan fingerprint density at radius 1 is 1.28 bits per heavy atom. The summed E-state index contributed by atoms with van der Waals surface area (Å²) in [7, 11) is 1.96. The second kappa shape index (κ2) is 7.17. The molecule has 0 atom stereocenters. The van der Waals surface area contributed by atoms with Gasteiger partial charge < -0.3 is 14.2 Å². The van der Waals surface area contributed by atoms with Gasteiger partial charge in [0.15, 0.2) is 0 Å². The van der Waals surface area contributed by atoms with Crippen molar-refractivity contribution in [2.75, 3.05) is 18.1 Å². The molecule has 3 heterocycles. The van der Waals surface area contributed by atoms with Crippen molar-refractivity contribution in [1.29, 1.82) is 0 Å². The number of benzene rings is 2. The van der Waals surface area contributed by atoms with Crippen molar-refractivity contribution in [2.45, 2.75) is 18.4 Å². The van der Waals surface area contributed by atoms with Crippen LogP contribution in [0.4, 0.5) is 5.69 Å². The van der Waals surface area contributed by atoms with E-state index in [0.717, 1.165) is 37.1 Å². The lowest BCUT2D eigenvalue weighted by Crippen LogP contribution is -2.49. The maximum Gasteiger partial charge on any atom is 0.259 e. The molecule has 1 fully saturated rings. The minimum atomic E-state index is -0.137. The zero-order valence-electron chi connectivity index (χ0n) is 15.7. The first-order chi connectivity index (χ1) is 14.0. The standard InChI is InChI=1S/C21H18BrIN4O2/c1-26-12-24-25-19(26)8-21(10-29-11-21)13-3-2-4-15(5-13)27-9-17-16(20(27)28)6-14(23)7-18(17)22/h2-7,12H,8-11H2,1H3. The summed E-state index contributed by atoms with van der Waals surface area (Å²) in [5, 5.41) is 8.25. The van der Waals surface area contributed by atoms with Crippen LogP contribution in [0.5, 0.6) is 0 Å². The molecule has 5 rings (SSSR count). The Morgan fingerprint density at radius 2 is 2.10 bits per heavy atom. The molecular weight excluding hydrogens is 547 g/mol. The van der Waals surface area contributed by atoms with Crippen LogP contribution in [-0.2, 0) is 30.2 Å². The lowest BCUT2D eigenvalue weighted by atomic mass is 9.75. The zero-order chi connectivity index (χ0) is 20.2. The van der Waals surface area contributed by atoms with Gasteiger partial charge in [-0.05, 0) is 58.0 Å². The number of carbonyl (C=O) groups is 1. The van der Waals surface area contributed by atoms with E-state index in [1.807, 2.05) is 40.8 Å². The van der Waals surface area contributed by atoms with Crippen LogP contribution in [0.3, 0.4) is 0 Å². The fraction of sp³-hybridized carbons (Fsp3) is 0.286. The maximum atomic E-state index is 13.1. The van der Waals surface area contributed by atoms with Crippen molar-refractivity contribution in [2.24, 2.45) is 7.05 Å². The third kappa shape index (κ3) is 3.21. The fourth-order valence-electron chi connectivity index (χ4n) is 4.03. The summed E-state index contributed by atoms with van der Waals surface area (Å²) in [6.07, 6.45) is 2.48. The van der Waals surface area contributed by atoms with Crippen LogP contribution >= 0.6 is 38.5 Å². The molecule has 0 unspecified atom stereocenters. The number of hydrogen-bond donors (Lipinski definition) is 0. The van der Waals surface area contributed by atoms with Crippen molar-refractivity contribution in [3.8, 4) is 0 Å². The molecule has 2 aliphatic rings. The minimum absolute atomic E-state index is 0.0450. The molecule has 0 bridgehead atoms. The molecule has 1 amide bonds. The Morgan fingerprint density at radius 3 is 2.79 bits per heavy atom. The monoisotopic (exact) mass is 564 g/mol. The van der Waals surface area contributed by atoms with Gasteiger partial charge >= 0.3 is 0 Å². The van der Waals surface area contributed by atoms with Crippen LogP contribution in [0.15, 0.2) is 47.2 Å². The van der Waals surface area contributed by atoms with E-state index in [2.05, 4.69) is 60.9 Å².